The fraction of sp³-hybridized carbons (Fsp3) is 0.400. The fourth-order valence-corrected chi connectivity index (χ4v) is 0.874. The summed E-state index contributed by atoms with van der Waals surface area (Å²) < 4.78 is 0. The summed E-state index contributed by atoms with van der Waals surface area (Å²) in [6.07, 6.45) is 2.75. The molecule has 2 heteroatoms. The molecule has 0 aliphatic rings. The Morgan fingerprint density at radius 3 is 3.14 bits per heavy atom. The van der Waals surface area contributed by atoms with Crippen molar-refractivity contribution >= 4 is 11.3 Å². The highest BCUT2D eigenvalue weighted by Crippen LogP contribution is 2.01. The summed E-state index contributed by atoms with van der Waals surface area (Å²) >= 11 is 1.59. The van der Waals surface area contributed by atoms with E-state index in [2.05, 4.69) is 17.3 Å². The number of aryl methyl sites for hydroxylation is 1. The monoisotopic (exact) mass is 112 g/mol. The normalized spacial score (nSPS) is 9.29. The summed E-state index contributed by atoms with van der Waals surface area (Å²) in [5.41, 5.74) is 0. The van der Waals surface area contributed by atoms with E-state index in [1.807, 2.05) is 0 Å². The quantitative estimate of drug-likeness (QED) is 0.536. The third-order valence-electron chi connectivity index (χ3n) is 0.740. The van der Waals surface area contributed by atoms with E-state index < -0.39 is 0 Å². The SMILES string of the molecule is CCc1nc[c]s1. The van der Waals surface area contributed by atoms with Crippen molar-refractivity contribution in [3.05, 3.63) is 16.6 Å². The average Bonchev–Trinajstić information content (AvgIpc) is 2.14. The van der Waals surface area contributed by atoms with Gasteiger partial charge in [-0.3, -0.25) is 0 Å². The van der Waals surface area contributed by atoms with Crippen molar-refractivity contribution in [1.82, 2.24) is 4.98 Å². The van der Waals surface area contributed by atoms with Gasteiger partial charge in [-0.15, -0.1) is 11.3 Å². The molecular weight excluding hydrogens is 106 g/mol. The van der Waals surface area contributed by atoms with Crippen LogP contribution in [0.4, 0.5) is 0 Å². The van der Waals surface area contributed by atoms with Gasteiger partial charge in [0.05, 0.1) is 10.4 Å². The summed E-state index contributed by atoms with van der Waals surface area (Å²) in [7, 11) is 0. The van der Waals surface area contributed by atoms with Crippen LogP contribution in [-0.2, 0) is 6.42 Å². The van der Waals surface area contributed by atoms with Gasteiger partial charge < -0.3 is 0 Å². The Morgan fingerprint density at radius 2 is 2.86 bits per heavy atom. The third-order valence-corrected chi connectivity index (χ3v) is 1.59. The van der Waals surface area contributed by atoms with E-state index in [9.17, 15) is 0 Å². The van der Waals surface area contributed by atoms with Gasteiger partial charge in [0.25, 0.3) is 0 Å². The van der Waals surface area contributed by atoms with Crippen LogP contribution in [-0.4, -0.2) is 4.98 Å². The molecule has 0 spiro atoms. The van der Waals surface area contributed by atoms with Crippen molar-refractivity contribution in [2.75, 3.05) is 0 Å². The first-order valence-corrected chi connectivity index (χ1v) is 3.06. The van der Waals surface area contributed by atoms with Crippen LogP contribution in [0.25, 0.3) is 0 Å². The molecule has 1 heterocycles. The largest absolute Gasteiger partial charge is 0.249 e. The van der Waals surface area contributed by atoms with E-state index in [0.29, 0.717) is 0 Å². The Bertz CT molecular complexity index is 123. The Kier molecular flexibility index (Phi) is 1.42. The molecule has 1 aromatic heterocycles. The Balaban J connectivity index is 2.76. The highest BCUT2D eigenvalue weighted by Gasteiger charge is 1.85. The molecule has 0 unspecified atom stereocenters. The molecule has 1 nitrogen and oxygen atoms in total. The Morgan fingerprint density at radius 1 is 2.00 bits per heavy atom. The average molecular weight is 112 g/mol. The van der Waals surface area contributed by atoms with Crippen molar-refractivity contribution in [2.24, 2.45) is 0 Å². The summed E-state index contributed by atoms with van der Waals surface area (Å²) in [6, 6.07) is 0. The second-order valence-electron chi connectivity index (χ2n) is 1.23. The lowest BCUT2D eigenvalue weighted by Gasteiger charge is -1.76. The molecule has 0 aliphatic heterocycles. The molecule has 7 heavy (non-hydrogen) atoms. The lowest BCUT2D eigenvalue weighted by atomic mass is 10.5. The Hall–Kier alpha value is -0.370. The van der Waals surface area contributed by atoms with Crippen molar-refractivity contribution in [1.29, 1.82) is 0 Å². The maximum absolute atomic E-state index is 4.00. The molecule has 0 fully saturated rings. The maximum atomic E-state index is 4.00. The summed E-state index contributed by atoms with van der Waals surface area (Å²) in [4.78, 5) is 4.00. The first kappa shape index (κ1) is 4.78. The third kappa shape index (κ3) is 0.996. The van der Waals surface area contributed by atoms with E-state index in [-0.39, 0.29) is 0 Å². The van der Waals surface area contributed by atoms with Crippen LogP contribution in [0.15, 0.2) is 6.20 Å². The molecule has 0 atom stereocenters. The van der Waals surface area contributed by atoms with Crippen LogP contribution in [0.3, 0.4) is 0 Å². The minimum Gasteiger partial charge on any atom is -0.249 e. The maximum Gasteiger partial charge on any atom is 0.0928 e. The topological polar surface area (TPSA) is 12.9 Å². The summed E-state index contributed by atoms with van der Waals surface area (Å²) in [6.45, 7) is 2.09. The molecule has 1 aromatic rings. The van der Waals surface area contributed by atoms with Crippen molar-refractivity contribution in [3.8, 4) is 0 Å². The zero-order valence-corrected chi connectivity index (χ0v) is 4.96. The smallest absolute Gasteiger partial charge is 0.0928 e. The highest BCUT2D eigenvalue weighted by atomic mass is 32.1. The van der Waals surface area contributed by atoms with Gasteiger partial charge in [0.1, 0.15) is 0 Å². The minimum atomic E-state index is 1.04. The number of rotatable bonds is 1. The summed E-state index contributed by atoms with van der Waals surface area (Å²) in [5.74, 6) is 0. The minimum absolute atomic E-state index is 1.04. The zero-order valence-electron chi connectivity index (χ0n) is 4.14. The van der Waals surface area contributed by atoms with Gasteiger partial charge in [0, 0.05) is 6.20 Å². The van der Waals surface area contributed by atoms with Crippen LogP contribution in [0.2, 0.25) is 0 Å². The number of hydrogen-bond acceptors (Lipinski definition) is 2. The van der Waals surface area contributed by atoms with Crippen LogP contribution < -0.4 is 0 Å². The van der Waals surface area contributed by atoms with Gasteiger partial charge in [-0.05, 0) is 6.42 Å². The molecule has 1 rings (SSSR count). The zero-order chi connectivity index (χ0) is 5.11. The van der Waals surface area contributed by atoms with E-state index >= 15 is 0 Å². The fourth-order valence-electron chi connectivity index (χ4n) is 0.383. The molecule has 0 amide bonds. The van der Waals surface area contributed by atoms with E-state index in [0.717, 1.165) is 6.42 Å². The van der Waals surface area contributed by atoms with Gasteiger partial charge in [0.2, 0.25) is 0 Å². The number of hydrogen-bond donors (Lipinski definition) is 0. The van der Waals surface area contributed by atoms with Gasteiger partial charge in [-0.2, -0.15) is 0 Å². The summed E-state index contributed by atoms with van der Waals surface area (Å²) in [5, 5.41) is 4.08. The molecule has 1 radical (unpaired) electrons. The van der Waals surface area contributed by atoms with Crippen LogP contribution in [0.1, 0.15) is 11.9 Å². The number of aromatic nitrogens is 1. The van der Waals surface area contributed by atoms with Gasteiger partial charge in [-0.1, -0.05) is 6.92 Å². The molecular formula is C5H6NS. The van der Waals surface area contributed by atoms with E-state index in [1.165, 1.54) is 5.01 Å². The predicted molar refractivity (Wildman–Crippen MR) is 30.3 cm³/mol. The first-order chi connectivity index (χ1) is 3.43. The molecule has 0 saturated carbocycles. The highest BCUT2D eigenvalue weighted by molar-refractivity contribution is 7.09. The molecule has 0 aliphatic carbocycles. The van der Waals surface area contributed by atoms with Crippen molar-refractivity contribution in [2.45, 2.75) is 13.3 Å². The van der Waals surface area contributed by atoms with Crippen molar-refractivity contribution < 1.29 is 0 Å². The second-order valence-corrected chi connectivity index (χ2v) is 2.14. The molecule has 0 saturated heterocycles. The molecule has 0 aromatic carbocycles. The second kappa shape index (κ2) is 2.07. The molecule has 37 valence electrons. The molecule has 0 N–H and O–H groups in total. The van der Waals surface area contributed by atoms with E-state index in [4.69, 9.17) is 0 Å². The lowest BCUT2D eigenvalue weighted by Crippen LogP contribution is -1.70. The van der Waals surface area contributed by atoms with Crippen LogP contribution in [0.5, 0.6) is 0 Å². The standard InChI is InChI=1S/C5H6NS/c1-2-5-6-3-4-7-5/h3H,2H2,1H3. The Labute approximate surface area is 47.0 Å². The van der Waals surface area contributed by atoms with Crippen LogP contribution >= 0.6 is 11.3 Å². The lowest BCUT2D eigenvalue weighted by molar-refractivity contribution is 1.09. The van der Waals surface area contributed by atoms with Gasteiger partial charge in [0.15, 0.2) is 0 Å². The number of thiazole rings is 1. The van der Waals surface area contributed by atoms with E-state index in [1.54, 1.807) is 17.5 Å². The molecule has 0 bridgehead atoms. The number of nitrogens with zero attached hydrogens (tertiary/aromatic N) is 1. The predicted octanol–water partition coefficient (Wildman–Crippen LogP) is 1.51. The van der Waals surface area contributed by atoms with Gasteiger partial charge in [-0.25, -0.2) is 4.98 Å². The van der Waals surface area contributed by atoms with Crippen LogP contribution in [0, 0.1) is 5.38 Å². The van der Waals surface area contributed by atoms with Gasteiger partial charge >= 0.3 is 0 Å². The van der Waals surface area contributed by atoms with Crippen molar-refractivity contribution in [3.63, 3.8) is 0 Å². The first-order valence-electron chi connectivity index (χ1n) is 2.24.